The maximum absolute atomic E-state index is 12.7. The summed E-state index contributed by atoms with van der Waals surface area (Å²) in [6.45, 7) is 6.18. The summed E-state index contributed by atoms with van der Waals surface area (Å²) in [4.78, 5) is 16.5. The number of hydrogen-bond donors (Lipinski definition) is 1. The molecule has 1 heterocycles. The van der Waals surface area contributed by atoms with Crippen molar-refractivity contribution in [1.82, 2.24) is 4.98 Å². The third-order valence-electron chi connectivity index (χ3n) is 3.42. The number of nitrogens with zero attached hydrogens (tertiary/aromatic N) is 2. The number of aryl methyl sites for hydroxylation is 1. The summed E-state index contributed by atoms with van der Waals surface area (Å²) in [5.41, 5.74) is 1.28. The fraction of sp³-hybridized carbons (Fsp3) is 0.278. The van der Waals surface area contributed by atoms with Crippen LogP contribution in [0.15, 0.2) is 18.2 Å². The molecule has 0 aliphatic heterocycles. The van der Waals surface area contributed by atoms with E-state index in [-0.39, 0.29) is 27.1 Å². The van der Waals surface area contributed by atoms with Gasteiger partial charge >= 0.3 is 0 Å². The summed E-state index contributed by atoms with van der Waals surface area (Å²) >= 11 is 11.9. The zero-order chi connectivity index (χ0) is 19.3. The minimum absolute atomic E-state index is 0.0121. The van der Waals surface area contributed by atoms with Crippen molar-refractivity contribution in [3.8, 4) is 17.6 Å². The summed E-state index contributed by atoms with van der Waals surface area (Å²) in [5.74, 6) is 0.367. The quantitative estimate of drug-likeness (QED) is 0.723. The number of nitrogens with one attached hydrogen (secondary N) is 1. The number of ether oxygens (including phenoxy) is 2. The first kappa shape index (κ1) is 19.8. The fourth-order valence-electron chi connectivity index (χ4n) is 2.35. The van der Waals surface area contributed by atoms with Gasteiger partial charge in [-0.05, 0) is 32.4 Å². The molecule has 1 N–H and O–H groups in total. The molecule has 0 unspecified atom stereocenters. The van der Waals surface area contributed by atoms with Crippen molar-refractivity contribution >= 4 is 34.8 Å². The van der Waals surface area contributed by atoms with Crippen molar-refractivity contribution in [3.63, 3.8) is 0 Å². The number of nitriles is 1. The molecule has 0 fully saturated rings. The molecule has 1 aromatic carbocycles. The average Bonchev–Trinajstić information content (AvgIpc) is 2.56. The highest BCUT2D eigenvalue weighted by atomic mass is 35.5. The van der Waals surface area contributed by atoms with Gasteiger partial charge in [-0.1, -0.05) is 23.2 Å². The van der Waals surface area contributed by atoms with Crippen LogP contribution in [0.2, 0.25) is 10.3 Å². The smallest absolute Gasteiger partial charge is 0.259 e. The predicted molar refractivity (Wildman–Crippen MR) is 100 cm³/mol. The van der Waals surface area contributed by atoms with Crippen molar-refractivity contribution in [2.24, 2.45) is 0 Å². The van der Waals surface area contributed by atoms with Gasteiger partial charge in [-0.2, -0.15) is 5.26 Å². The topological polar surface area (TPSA) is 84.2 Å². The lowest BCUT2D eigenvalue weighted by atomic mass is 10.1. The number of carbonyl (C=O) groups excluding carboxylic acids is 1. The van der Waals surface area contributed by atoms with Gasteiger partial charge in [0.25, 0.3) is 5.91 Å². The molecule has 0 saturated carbocycles. The van der Waals surface area contributed by atoms with E-state index >= 15 is 0 Å². The Morgan fingerprint density at radius 3 is 2.35 bits per heavy atom. The lowest BCUT2D eigenvalue weighted by Gasteiger charge is -2.15. The molecule has 136 valence electrons. The Morgan fingerprint density at radius 1 is 1.19 bits per heavy atom. The molecule has 2 rings (SSSR count). The van der Waals surface area contributed by atoms with Gasteiger partial charge in [-0.3, -0.25) is 4.79 Å². The van der Waals surface area contributed by atoms with E-state index < -0.39 is 5.91 Å². The lowest BCUT2D eigenvalue weighted by molar-refractivity contribution is 0.102. The highest BCUT2D eigenvalue weighted by Crippen LogP contribution is 2.34. The SMILES string of the molecule is CCOc1cc(C#N)c(NC(=O)c2c(C)cc(Cl)nc2Cl)cc1OCC. The minimum Gasteiger partial charge on any atom is -0.490 e. The number of carbonyl (C=O) groups is 1. The molecule has 0 spiro atoms. The number of amides is 1. The molecule has 26 heavy (non-hydrogen) atoms. The molecule has 0 aliphatic rings. The first-order valence-electron chi connectivity index (χ1n) is 7.88. The molecule has 0 radical (unpaired) electrons. The second-order valence-electron chi connectivity index (χ2n) is 5.20. The van der Waals surface area contributed by atoms with E-state index in [1.807, 2.05) is 19.9 Å². The van der Waals surface area contributed by atoms with Gasteiger partial charge in [0.15, 0.2) is 11.5 Å². The molecular formula is C18H17Cl2N3O3. The Hall–Kier alpha value is -2.49. The summed E-state index contributed by atoms with van der Waals surface area (Å²) in [6, 6.07) is 6.66. The Labute approximate surface area is 161 Å². The molecule has 8 heteroatoms. The van der Waals surface area contributed by atoms with Crippen molar-refractivity contribution in [2.75, 3.05) is 18.5 Å². The van der Waals surface area contributed by atoms with Gasteiger partial charge in [0.1, 0.15) is 16.4 Å². The molecule has 6 nitrogen and oxygen atoms in total. The van der Waals surface area contributed by atoms with Crippen molar-refractivity contribution in [2.45, 2.75) is 20.8 Å². The maximum Gasteiger partial charge on any atom is 0.259 e. The summed E-state index contributed by atoms with van der Waals surface area (Å²) < 4.78 is 11.0. The Bertz CT molecular complexity index is 856. The van der Waals surface area contributed by atoms with Crippen LogP contribution in [0.5, 0.6) is 11.5 Å². The fourth-order valence-corrected chi connectivity index (χ4v) is 2.96. The largest absolute Gasteiger partial charge is 0.490 e. The van der Waals surface area contributed by atoms with Crippen LogP contribution in [0.1, 0.15) is 35.3 Å². The number of pyridine rings is 1. The minimum atomic E-state index is -0.500. The van der Waals surface area contributed by atoms with Crippen LogP contribution in [-0.4, -0.2) is 24.1 Å². The van der Waals surface area contributed by atoms with Crippen molar-refractivity contribution < 1.29 is 14.3 Å². The van der Waals surface area contributed by atoms with E-state index in [1.165, 1.54) is 12.1 Å². The van der Waals surface area contributed by atoms with E-state index in [1.54, 1.807) is 13.0 Å². The molecule has 0 saturated heterocycles. The first-order valence-corrected chi connectivity index (χ1v) is 8.64. The second-order valence-corrected chi connectivity index (χ2v) is 5.95. The highest BCUT2D eigenvalue weighted by Gasteiger charge is 2.19. The second kappa shape index (κ2) is 8.75. The Morgan fingerprint density at radius 2 is 1.81 bits per heavy atom. The van der Waals surface area contributed by atoms with E-state index in [4.69, 9.17) is 32.7 Å². The van der Waals surface area contributed by atoms with Gasteiger partial charge in [0.2, 0.25) is 0 Å². The average molecular weight is 394 g/mol. The summed E-state index contributed by atoms with van der Waals surface area (Å²) in [7, 11) is 0. The van der Waals surface area contributed by atoms with Crippen molar-refractivity contribution in [3.05, 3.63) is 45.2 Å². The zero-order valence-electron chi connectivity index (χ0n) is 14.5. The van der Waals surface area contributed by atoms with Crippen LogP contribution in [0.4, 0.5) is 5.69 Å². The number of aromatic nitrogens is 1. The van der Waals surface area contributed by atoms with Gasteiger partial charge in [-0.15, -0.1) is 0 Å². The van der Waals surface area contributed by atoms with Gasteiger partial charge in [0.05, 0.1) is 30.0 Å². The number of halogens is 2. The standard InChI is InChI=1S/C18H17Cl2N3O3/c1-4-25-13-7-11(9-21)12(8-14(13)26-5-2)22-18(24)16-10(3)6-15(19)23-17(16)20/h6-8H,4-5H2,1-3H3,(H,22,24). The van der Waals surface area contributed by atoms with Crippen molar-refractivity contribution in [1.29, 1.82) is 5.26 Å². The molecule has 2 aromatic rings. The molecule has 0 aliphatic carbocycles. The Kier molecular flexibility index (Phi) is 6.67. The monoisotopic (exact) mass is 393 g/mol. The highest BCUT2D eigenvalue weighted by molar-refractivity contribution is 6.35. The summed E-state index contributed by atoms with van der Waals surface area (Å²) in [5, 5.41) is 12.3. The van der Waals surface area contributed by atoms with E-state index in [2.05, 4.69) is 10.3 Å². The predicted octanol–water partition coefficient (Wildman–Crippen LogP) is 4.62. The molecule has 1 amide bonds. The molecule has 0 bridgehead atoms. The summed E-state index contributed by atoms with van der Waals surface area (Å²) in [6.07, 6.45) is 0. The lowest BCUT2D eigenvalue weighted by Crippen LogP contribution is -2.16. The first-order chi connectivity index (χ1) is 12.4. The van der Waals surface area contributed by atoms with Gasteiger partial charge in [0, 0.05) is 12.1 Å². The number of hydrogen-bond acceptors (Lipinski definition) is 5. The zero-order valence-corrected chi connectivity index (χ0v) is 16.0. The molecular weight excluding hydrogens is 377 g/mol. The van der Waals surface area contributed by atoms with Crippen LogP contribution in [0, 0.1) is 18.3 Å². The van der Waals surface area contributed by atoms with Crippen LogP contribution < -0.4 is 14.8 Å². The van der Waals surface area contributed by atoms with E-state index in [9.17, 15) is 10.1 Å². The van der Waals surface area contributed by atoms with Gasteiger partial charge in [-0.25, -0.2) is 4.98 Å². The normalized spacial score (nSPS) is 10.2. The Balaban J connectivity index is 2.44. The van der Waals surface area contributed by atoms with E-state index in [0.717, 1.165) is 0 Å². The van der Waals surface area contributed by atoms with Crippen LogP contribution in [-0.2, 0) is 0 Å². The number of rotatable bonds is 6. The number of benzene rings is 1. The van der Waals surface area contributed by atoms with Gasteiger partial charge < -0.3 is 14.8 Å². The molecule has 1 aromatic heterocycles. The number of anilines is 1. The van der Waals surface area contributed by atoms with Crippen LogP contribution in [0.3, 0.4) is 0 Å². The maximum atomic E-state index is 12.7. The third kappa shape index (κ3) is 4.37. The third-order valence-corrected chi connectivity index (χ3v) is 3.89. The molecule has 0 atom stereocenters. The van der Waals surface area contributed by atoms with E-state index in [0.29, 0.717) is 30.3 Å². The van der Waals surface area contributed by atoms with Crippen LogP contribution >= 0.6 is 23.2 Å². The van der Waals surface area contributed by atoms with Crippen LogP contribution in [0.25, 0.3) is 0 Å².